The summed E-state index contributed by atoms with van der Waals surface area (Å²) >= 11 is 0. The van der Waals surface area contributed by atoms with Crippen LogP contribution in [0.2, 0.25) is 0 Å². The minimum atomic E-state index is -0.0377. The number of aryl methyl sites for hydroxylation is 1. The van der Waals surface area contributed by atoms with E-state index in [1.165, 1.54) is 6.07 Å². The van der Waals surface area contributed by atoms with Crippen molar-refractivity contribution >= 4 is 0 Å². The van der Waals surface area contributed by atoms with Crippen molar-refractivity contribution < 1.29 is 10.2 Å². The largest absolute Gasteiger partial charge is 0.504 e. The third kappa shape index (κ3) is 1.37. The van der Waals surface area contributed by atoms with Crippen LogP contribution >= 0.6 is 0 Å². The molecule has 0 saturated carbocycles. The topological polar surface area (TPSA) is 40.5 Å². The Balaban J connectivity index is 3.33. The molecule has 1 aromatic carbocycles. The van der Waals surface area contributed by atoms with Crippen LogP contribution in [0.25, 0.3) is 0 Å². The maximum absolute atomic E-state index is 9.50. The molecular weight excluding hydrogens is 152 g/mol. The highest BCUT2D eigenvalue weighted by atomic mass is 16.3. The first-order valence-electron chi connectivity index (χ1n) is 4.05. The highest BCUT2D eigenvalue weighted by Crippen LogP contribution is 2.35. The molecule has 0 atom stereocenters. The number of rotatable bonds is 1. The van der Waals surface area contributed by atoms with Gasteiger partial charge >= 0.3 is 0 Å². The Morgan fingerprint density at radius 2 is 1.75 bits per heavy atom. The molecule has 0 saturated heterocycles. The van der Waals surface area contributed by atoms with Gasteiger partial charge in [-0.1, -0.05) is 19.9 Å². The second-order valence-electron chi connectivity index (χ2n) is 3.32. The van der Waals surface area contributed by atoms with E-state index in [0.717, 1.165) is 11.1 Å². The van der Waals surface area contributed by atoms with Gasteiger partial charge in [0.1, 0.15) is 0 Å². The molecule has 1 aromatic rings. The van der Waals surface area contributed by atoms with Crippen molar-refractivity contribution in [2.45, 2.75) is 26.7 Å². The van der Waals surface area contributed by atoms with E-state index in [2.05, 4.69) is 0 Å². The Labute approximate surface area is 72.5 Å². The Bertz CT molecular complexity index is 290. The number of phenolic OH excluding ortho intramolecular Hbond substituents is 2. The molecule has 1 rings (SSSR count). The zero-order valence-electron chi connectivity index (χ0n) is 7.63. The van der Waals surface area contributed by atoms with E-state index in [4.69, 9.17) is 0 Å². The third-order valence-corrected chi connectivity index (χ3v) is 1.99. The number of aromatic hydroxyl groups is 2. The third-order valence-electron chi connectivity index (χ3n) is 1.99. The first kappa shape index (κ1) is 8.91. The van der Waals surface area contributed by atoms with Gasteiger partial charge < -0.3 is 10.2 Å². The van der Waals surface area contributed by atoms with Gasteiger partial charge in [0.2, 0.25) is 0 Å². The summed E-state index contributed by atoms with van der Waals surface area (Å²) in [7, 11) is 0. The quantitative estimate of drug-likeness (QED) is 0.629. The standard InChI is InChI=1S/C10H14O2/c1-6(2)9-7(3)4-5-8(11)10(9)12/h4-6,11-12H,1-3H3. The van der Waals surface area contributed by atoms with Crippen LogP contribution in [0.5, 0.6) is 11.5 Å². The summed E-state index contributed by atoms with van der Waals surface area (Å²) in [5.41, 5.74) is 1.84. The fraction of sp³-hybridized carbons (Fsp3) is 0.400. The number of hydrogen-bond donors (Lipinski definition) is 2. The minimum absolute atomic E-state index is 0.0185. The summed E-state index contributed by atoms with van der Waals surface area (Å²) in [6.45, 7) is 5.90. The van der Waals surface area contributed by atoms with E-state index < -0.39 is 0 Å². The SMILES string of the molecule is Cc1ccc(O)c(O)c1C(C)C. The average molecular weight is 166 g/mol. The molecule has 0 bridgehead atoms. The molecule has 0 aliphatic carbocycles. The summed E-state index contributed by atoms with van der Waals surface area (Å²) in [6.07, 6.45) is 0. The number of hydrogen-bond acceptors (Lipinski definition) is 2. The molecule has 0 unspecified atom stereocenters. The van der Waals surface area contributed by atoms with Gasteiger partial charge in [0.25, 0.3) is 0 Å². The van der Waals surface area contributed by atoms with E-state index in [-0.39, 0.29) is 17.4 Å². The van der Waals surface area contributed by atoms with Crippen molar-refractivity contribution in [3.8, 4) is 11.5 Å². The maximum atomic E-state index is 9.50. The Morgan fingerprint density at radius 1 is 1.17 bits per heavy atom. The molecule has 0 aliphatic rings. The molecule has 0 heterocycles. The molecule has 2 N–H and O–H groups in total. The van der Waals surface area contributed by atoms with Gasteiger partial charge in [-0.05, 0) is 24.5 Å². The Kier molecular flexibility index (Phi) is 2.27. The molecule has 66 valence electrons. The maximum Gasteiger partial charge on any atom is 0.161 e. The molecule has 0 amide bonds. The summed E-state index contributed by atoms with van der Waals surface area (Å²) in [5.74, 6) is 0.214. The molecule has 12 heavy (non-hydrogen) atoms. The molecule has 0 aromatic heterocycles. The lowest BCUT2D eigenvalue weighted by Crippen LogP contribution is -1.92. The van der Waals surface area contributed by atoms with E-state index in [1.54, 1.807) is 0 Å². The van der Waals surface area contributed by atoms with Crippen LogP contribution < -0.4 is 0 Å². The van der Waals surface area contributed by atoms with Crippen molar-refractivity contribution in [1.82, 2.24) is 0 Å². The summed E-state index contributed by atoms with van der Waals surface area (Å²) in [4.78, 5) is 0. The average Bonchev–Trinajstić information content (AvgIpc) is 1.97. The van der Waals surface area contributed by atoms with Crippen LogP contribution in [0, 0.1) is 6.92 Å². The van der Waals surface area contributed by atoms with Gasteiger partial charge in [0.05, 0.1) is 0 Å². The first-order chi connectivity index (χ1) is 5.54. The van der Waals surface area contributed by atoms with Crippen molar-refractivity contribution in [2.24, 2.45) is 0 Å². The predicted molar refractivity (Wildman–Crippen MR) is 48.6 cm³/mol. The molecule has 2 heteroatoms. The molecule has 0 radical (unpaired) electrons. The van der Waals surface area contributed by atoms with Crippen LogP contribution in [-0.2, 0) is 0 Å². The fourth-order valence-corrected chi connectivity index (χ4v) is 1.43. The Hall–Kier alpha value is -1.18. The highest BCUT2D eigenvalue weighted by Gasteiger charge is 2.11. The summed E-state index contributed by atoms with van der Waals surface area (Å²) < 4.78 is 0. The van der Waals surface area contributed by atoms with Crippen LogP contribution in [0.15, 0.2) is 12.1 Å². The van der Waals surface area contributed by atoms with Gasteiger partial charge in [-0.2, -0.15) is 0 Å². The van der Waals surface area contributed by atoms with E-state index in [1.807, 2.05) is 26.8 Å². The van der Waals surface area contributed by atoms with Gasteiger partial charge in [0.15, 0.2) is 11.5 Å². The van der Waals surface area contributed by atoms with Crippen molar-refractivity contribution in [1.29, 1.82) is 0 Å². The smallest absolute Gasteiger partial charge is 0.161 e. The van der Waals surface area contributed by atoms with E-state index in [0.29, 0.717) is 0 Å². The van der Waals surface area contributed by atoms with Crippen LogP contribution in [0.1, 0.15) is 30.9 Å². The van der Waals surface area contributed by atoms with Gasteiger partial charge in [-0.25, -0.2) is 0 Å². The molecule has 0 aliphatic heterocycles. The lowest BCUT2D eigenvalue weighted by molar-refractivity contribution is 0.397. The Morgan fingerprint density at radius 3 is 2.17 bits per heavy atom. The number of phenols is 2. The van der Waals surface area contributed by atoms with Crippen molar-refractivity contribution in [3.05, 3.63) is 23.3 Å². The van der Waals surface area contributed by atoms with Gasteiger partial charge in [0, 0.05) is 5.56 Å². The lowest BCUT2D eigenvalue weighted by atomic mass is 9.96. The van der Waals surface area contributed by atoms with E-state index in [9.17, 15) is 10.2 Å². The summed E-state index contributed by atoms with van der Waals surface area (Å²) in [5, 5.41) is 18.7. The zero-order chi connectivity index (χ0) is 9.30. The highest BCUT2D eigenvalue weighted by molar-refractivity contribution is 5.49. The first-order valence-corrected chi connectivity index (χ1v) is 4.05. The normalized spacial score (nSPS) is 10.7. The molecule has 0 spiro atoms. The molecular formula is C10H14O2. The monoisotopic (exact) mass is 166 g/mol. The zero-order valence-corrected chi connectivity index (χ0v) is 7.63. The molecule has 2 nitrogen and oxygen atoms in total. The van der Waals surface area contributed by atoms with Crippen LogP contribution in [0.4, 0.5) is 0 Å². The minimum Gasteiger partial charge on any atom is -0.504 e. The lowest BCUT2D eigenvalue weighted by Gasteiger charge is -2.12. The summed E-state index contributed by atoms with van der Waals surface area (Å²) in [6, 6.07) is 3.32. The van der Waals surface area contributed by atoms with Crippen LogP contribution in [-0.4, -0.2) is 10.2 Å². The second kappa shape index (κ2) is 3.05. The van der Waals surface area contributed by atoms with E-state index >= 15 is 0 Å². The van der Waals surface area contributed by atoms with Gasteiger partial charge in [-0.15, -0.1) is 0 Å². The van der Waals surface area contributed by atoms with Crippen LogP contribution in [0.3, 0.4) is 0 Å². The fourth-order valence-electron chi connectivity index (χ4n) is 1.43. The van der Waals surface area contributed by atoms with Crippen molar-refractivity contribution in [2.75, 3.05) is 0 Å². The van der Waals surface area contributed by atoms with Gasteiger partial charge in [-0.3, -0.25) is 0 Å². The number of benzene rings is 1. The van der Waals surface area contributed by atoms with Crippen molar-refractivity contribution in [3.63, 3.8) is 0 Å². The second-order valence-corrected chi connectivity index (χ2v) is 3.32. The molecule has 0 fully saturated rings. The predicted octanol–water partition coefficient (Wildman–Crippen LogP) is 2.53.